The van der Waals surface area contributed by atoms with Crippen LogP contribution >= 0.6 is 27.3 Å². The molecule has 1 fully saturated rings. The number of aryl methyl sites for hydroxylation is 2. The highest BCUT2D eigenvalue weighted by Crippen LogP contribution is 2.42. The lowest BCUT2D eigenvalue weighted by molar-refractivity contribution is 0.0827. The highest BCUT2D eigenvalue weighted by Gasteiger charge is 2.40. The second kappa shape index (κ2) is 5.70. The number of halogens is 1. The Kier molecular flexibility index (Phi) is 3.77. The van der Waals surface area contributed by atoms with E-state index in [0.717, 1.165) is 44.5 Å². The summed E-state index contributed by atoms with van der Waals surface area (Å²) in [7, 11) is 1.92. The minimum absolute atomic E-state index is 0.00951. The highest BCUT2D eigenvalue weighted by atomic mass is 79.9. The Labute approximate surface area is 153 Å². The zero-order valence-corrected chi connectivity index (χ0v) is 16.0. The van der Waals surface area contributed by atoms with Gasteiger partial charge in [-0.15, -0.1) is 11.3 Å². The van der Waals surface area contributed by atoms with Gasteiger partial charge in [-0.25, -0.2) is 0 Å². The lowest BCUT2D eigenvalue weighted by Crippen LogP contribution is -2.50. The molecule has 1 aliphatic carbocycles. The quantitative estimate of drug-likeness (QED) is 0.698. The molecular weight excluding hydrogens is 386 g/mol. The third-order valence-electron chi connectivity index (χ3n) is 4.86. The Morgan fingerprint density at radius 3 is 2.79 bits per heavy atom. The number of hydrogen-bond acceptors (Lipinski definition) is 3. The van der Waals surface area contributed by atoms with Gasteiger partial charge in [-0.05, 0) is 49.9 Å². The maximum Gasteiger partial charge on any atom is 0.262 e. The summed E-state index contributed by atoms with van der Waals surface area (Å²) in [5.74, 6) is 0.00951. The van der Waals surface area contributed by atoms with E-state index in [0.29, 0.717) is 0 Å². The molecule has 0 aliphatic heterocycles. The molecule has 1 saturated carbocycles. The number of aromatic nitrogens is 2. The molecule has 1 amide bonds. The molecule has 0 unspecified atom stereocenters. The number of amides is 1. The van der Waals surface area contributed by atoms with Gasteiger partial charge in [-0.1, -0.05) is 28.1 Å². The number of nitrogens with one attached hydrogen (secondary N) is 1. The lowest BCUT2D eigenvalue weighted by atomic mass is 9.72. The molecule has 1 aliphatic rings. The zero-order valence-electron chi connectivity index (χ0n) is 13.6. The summed E-state index contributed by atoms with van der Waals surface area (Å²) >= 11 is 5.04. The first-order valence-corrected chi connectivity index (χ1v) is 9.61. The van der Waals surface area contributed by atoms with Gasteiger partial charge in [0.15, 0.2) is 0 Å². The van der Waals surface area contributed by atoms with Crippen LogP contribution in [0.25, 0.3) is 10.2 Å². The van der Waals surface area contributed by atoms with Gasteiger partial charge in [0.25, 0.3) is 5.91 Å². The van der Waals surface area contributed by atoms with E-state index in [1.165, 1.54) is 16.9 Å². The van der Waals surface area contributed by atoms with Gasteiger partial charge in [0.1, 0.15) is 4.83 Å². The fourth-order valence-corrected chi connectivity index (χ4v) is 4.82. The number of fused-ring (bicyclic) bond motifs is 1. The third kappa shape index (κ3) is 2.48. The summed E-state index contributed by atoms with van der Waals surface area (Å²) in [6.07, 6.45) is 3.11. The fraction of sp³-hybridized carbons (Fsp3) is 0.333. The van der Waals surface area contributed by atoms with Crippen LogP contribution < -0.4 is 5.32 Å². The van der Waals surface area contributed by atoms with Gasteiger partial charge in [0.05, 0.1) is 16.1 Å². The van der Waals surface area contributed by atoms with Gasteiger partial charge in [-0.3, -0.25) is 9.48 Å². The number of benzene rings is 1. The number of nitrogens with zero attached hydrogens (tertiary/aromatic N) is 2. The van der Waals surface area contributed by atoms with Crippen molar-refractivity contribution in [3.05, 3.63) is 50.9 Å². The number of carbonyl (C=O) groups excluding carboxylic acids is 1. The van der Waals surface area contributed by atoms with E-state index in [4.69, 9.17) is 0 Å². The molecule has 0 radical (unpaired) electrons. The van der Waals surface area contributed by atoms with Crippen LogP contribution in [0.5, 0.6) is 0 Å². The summed E-state index contributed by atoms with van der Waals surface area (Å²) in [5.41, 5.74) is 1.91. The summed E-state index contributed by atoms with van der Waals surface area (Å²) in [4.78, 5) is 14.7. The van der Waals surface area contributed by atoms with E-state index in [-0.39, 0.29) is 11.4 Å². The molecule has 1 aromatic carbocycles. The Balaban J connectivity index is 1.65. The Morgan fingerprint density at radius 2 is 2.17 bits per heavy atom. The van der Waals surface area contributed by atoms with Crippen LogP contribution in [0.2, 0.25) is 0 Å². The van der Waals surface area contributed by atoms with E-state index >= 15 is 0 Å². The van der Waals surface area contributed by atoms with Crippen molar-refractivity contribution in [1.29, 1.82) is 0 Å². The smallest absolute Gasteiger partial charge is 0.262 e. The average Bonchev–Trinajstić information content (AvgIpc) is 3.05. The fourth-order valence-electron chi connectivity index (χ4n) is 3.40. The standard InChI is InChI=1S/C18H18BrN3OS/c1-11-14-10-15(24-17(14)22(2)21-11)16(23)20-18(7-4-8-18)12-5-3-6-13(19)9-12/h3,5-6,9-10H,4,7-8H2,1-2H3,(H,20,23). The number of carbonyl (C=O) groups is 1. The van der Waals surface area contributed by atoms with Crippen molar-refractivity contribution in [2.24, 2.45) is 7.05 Å². The maximum atomic E-state index is 12.9. The predicted octanol–water partition coefficient (Wildman–Crippen LogP) is 4.51. The van der Waals surface area contributed by atoms with E-state index in [9.17, 15) is 4.79 Å². The van der Waals surface area contributed by atoms with Crippen molar-refractivity contribution >= 4 is 43.4 Å². The Morgan fingerprint density at radius 1 is 1.38 bits per heavy atom. The Hall–Kier alpha value is -1.66. The summed E-state index contributed by atoms with van der Waals surface area (Å²) in [6.45, 7) is 1.98. The molecule has 2 aromatic heterocycles. The minimum atomic E-state index is -0.232. The van der Waals surface area contributed by atoms with Crippen LogP contribution in [0.4, 0.5) is 0 Å². The average molecular weight is 404 g/mol. The first kappa shape index (κ1) is 15.8. The van der Waals surface area contributed by atoms with E-state index in [1.54, 1.807) is 0 Å². The molecule has 24 heavy (non-hydrogen) atoms. The summed E-state index contributed by atoms with van der Waals surface area (Å²) in [6, 6.07) is 10.2. The van der Waals surface area contributed by atoms with Crippen molar-refractivity contribution in [3.63, 3.8) is 0 Å². The summed E-state index contributed by atoms with van der Waals surface area (Å²) in [5, 5.41) is 8.77. The highest BCUT2D eigenvalue weighted by molar-refractivity contribution is 9.10. The van der Waals surface area contributed by atoms with Crippen molar-refractivity contribution < 1.29 is 4.79 Å². The number of rotatable bonds is 3. The monoisotopic (exact) mass is 403 g/mol. The molecule has 1 N–H and O–H groups in total. The maximum absolute atomic E-state index is 12.9. The number of hydrogen-bond donors (Lipinski definition) is 1. The zero-order chi connectivity index (χ0) is 16.9. The van der Waals surface area contributed by atoms with Crippen LogP contribution in [0.15, 0.2) is 34.8 Å². The first-order valence-electron chi connectivity index (χ1n) is 8.00. The molecular formula is C18H18BrN3OS. The van der Waals surface area contributed by atoms with Crippen molar-refractivity contribution in [1.82, 2.24) is 15.1 Å². The minimum Gasteiger partial charge on any atom is -0.342 e. The van der Waals surface area contributed by atoms with Gasteiger partial charge in [0.2, 0.25) is 0 Å². The van der Waals surface area contributed by atoms with Gasteiger partial charge >= 0.3 is 0 Å². The topological polar surface area (TPSA) is 46.9 Å². The van der Waals surface area contributed by atoms with Crippen LogP contribution in [0, 0.1) is 6.92 Å². The van der Waals surface area contributed by atoms with Crippen molar-refractivity contribution in [3.8, 4) is 0 Å². The lowest BCUT2D eigenvalue weighted by Gasteiger charge is -2.43. The molecule has 6 heteroatoms. The van der Waals surface area contributed by atoms with Crippen LogP contribution in [-0.4, -0.2) is 15.7 Å². The van der Waals surface area contributed by atoms with Crippen LogP contribution in [0.1, 0.15) is 40.2 Å². The molecule has 2 heterocycles. The first-order chi connectivity index (χ1) is 11.5. The molecule has 0 spiro atoms. The van der Waals surface area contributed by atoms with E-state index in [2.05, 4.69) is 38.5 Å². The van der Waals surface area contributed by atoms with Crippen molar-refractivity contribution in [2.75, 3.05) is 0 Å². The van der Waals surface area contributed by atoms with Gasteiger partial charge in [0, 0.05) is 16.9 Å². The SMILES string of the molecule is Cc1nn(C)c2sc(C(=O)NC3(c4cccc(Br)c4)CCC3)cc12. The molecule has 4 rings (SSSR count). The molecule has 0 saturated heterocycles. The van der Waals surface area contributed by atoms with E-state index < -0.39 is 0 Å². The molecule has 0 atom stereocenters. The number of thiophene rings is 1. The molecule has 3 aromatic rings. The van der Waals surface area contributed by atoms with Gasteiger partial charge < -0.3 is 5.32 Å². The summed E-state index contributed by atoms with van der Waals surface area (Å²) < 4.78 is 2.89. The van der Waals surface area contributed by atoms with Crippen molar-refractivity contribution in [2.45, 2.75) is 31.7 Å². The second-order valence-corrected chi connectivity index (χ2v) is 8.38. The van der Waals surface area contributed by atoms with Gasteiger partial charge in [-0.2, -0.15) is 5.10 Å². The molecule has 124 valence electrons. The van der Waals surface area contributed by atoms with Crippen LogP contribution in [0.3, 0.4) is 0 Å². The Bertz CT molecular complexity index is 905. The predicted molar refractivity (Wildman–Crippen MR) is 100 cm³/mol. The van der Waals surface area contributed by atoms with Crippen LogP contribution in [-0.2, 0) is 12.6 Å². The largest absolute Gasteiger partial charge is 0.342 e. The third-order valence-corrected chi connectivity index (χ3v) is 6.55. The molecule has 4 nitrogen and oxygen atoms in total. The second-order valence-electron chi connectivity index (χ2n) is 6.44. The van der Waals surface area contributed by atoms with E-state index in [1.807, 2.05) is 36.9 Å². The molecule has 0 bridgehead atoms. The normalized spacial score (nSPS) is 16.1.